The largest absolute Gasteiger partial charge is 0.502 e. The van der Waals surface area contributed by atoms with Gasteiger partial charge in [0.15, 0.2) is 26.8 Å². The number of ether oxygens (including phenoxy) is 2. The molecule has 0 bridgehead atoms. The molecular weight excluding hydrogens is 777 g/mol. The highest BCUT2D eigenvalue weighted by atomic mass is 79.9. The highest BCUT2D eigenvalue weighted by Crippen LogP contribution is 2.63. The summed E-state index contributed by atoms with van der Waals surface area (Å²) >= 11 is 17.8. The minimum absolute atomic E-state index is 0.128. The van der Waals surface area contributed by atoms with E-state index < -0.39 is 51.1 Å². The summed E-state index contributed by atoms with van der Waals surface area (Å²) in [4.78, 5) is 59.2. The molecule has 1 N–H and O–H groups in total. The topological polar surface area (TPSA) is 139 Å². The summed E-state index contributed by atoms with van der Waals surface area (Å²) in [6, 6.07) is 17.4. The maximum atomic E-state index is 14.4. The molecule has 4 aromatic rings. The van der Waals surface area contributed by atoms with Crippen LogP contribution in [0.25, 0.3) is 28.6 Å². The van der Waals surface area contributed by atoms with E-state index in [2.05, 4.69) is 20.9 Å². The Labute approximate surface area is 315 Å². The van der Waals surface area contributed by atoms with Crippen LogP contribution in [0.5, 0.6) is 17.2 Å². The van der Waals surface area contributed by atoms with Crippen LogP contribution in [0.3, 0.4) is 0 Å². The Kier molecular flexibility index (Phi) is 8.27. The number of phenolic OH excluding ortho intramolecular Hbond substituents is 1. The van der Waals surface area contributed by atoms with E-state index in [1.54, 1.807) is 48.6 Å². The van der Waals surface area contributed by atoms with Crippen molar-refractivity contribution in [1.29, 1.82) is 0 Å². The van der Waals surface area contributed by atoms with Crippen molar-refractivity contribution in [3.63, 3.8) is 0 Å². The monoisotopic (exact) mass is 805 g/mol. The predicted octanol–water partition coefficient (Wildman–Crippen LogP) is 6.68. The number of carbonyl (C=O) groups excluding carboxylic acids is 4. The predicted molar refractivity (Wildman–Crippen MR) is 196 cm³/mol. The Bertz CT molecular complexity index is 2200. The Hall–Kier alpha value is -4.65. The zero-order valence-electron chi connectivity index (χ0n) is 27.7. The van der Waals surface area contributed by atoms with Crippen molar-refractivity contribution in [1.82, 2.24) is 9.88 Å². The van der Waals surface area contributed by atoms with Gasteiger partial charge in [-0.25, -0.2) is 4.98 Å². The molecule has 266 valence electrons. The summed E-state index contributed by atoms with van der Waals surface area (Å²) in [6.07, 6.45) is 5.30. The number of fused-ring (bicyclic) bond motifs is 5. The molecule has 3 aromatic carbocycles. The van der Waals surface area contributed by atoms with Crippen LogP contribution in [-0.2, 0) is 19.2 Å². The lowest BCUT2D eigenvalue weighted by molar-refractivity contribution is -0.138. The van der Waals surface area contributed by atoms with Crippen LogP contribution in [-0.4, -0.2) is 68.0 Å². The van der Waals surface area contributed by atoms with E-state index in [1.165, 1.54) is 19.1 Å². The van der Waals surface area contributed by atoms with Crippen LogP contribution in [0.15, 0.2) is 82.8 Å². The summed E-state index contributed by atoms with van der Waals surface area (Å²) in [5, 5.41) is 10.4. The van der Waals surface area contributed by atoms with Gasteiger partial charge in [0.1, 0.15) is 5.52 Å². The van der Waals surface area contributed by atoms with E-state index in [0.29, 0.717) is 39.4 Å². The molecule has 4 amide bonds. The molecule has 4 aliphatic rings. The van der Waals surface area contributed by atoms with Gasteiger partial charge in [0.2, 0.25) is 23.5 Å². The lowest BCUT2D eigenvalue weighted by Crippen LogP contribution is -2.60. The van der Waals surface area contributed by atoms with Crippen molar-refractivity contribution in [2.45, 2.75) is 22.6 Å². The van der Waals surface area contributed by atoms with Crippen molar-refractivity contribution in [3.8, 4) is 28.7 Å². The average Bonchev–Trinajstić information content (AvgIpc) is 3.74. The smallest absolute Gasteiger partial charge is 0.254 e. The second kappa shape index (κ2) is 12.5. The van der Waals surface area contributed by atoms with Gasteiger partial charge in [0, 0.05) is 11.5 Å². The van der Waals surface area contributed by atoms with Gasteiger partial charge in [-0.3, -0.25) is 29.0 Å². The molecule has 3 fully saturated rings. The number of allylic oxidation sites excluding steroid dienone is 3. The molecule has 0 radical (unpaired) electrons. The van der Waals surface area contributed by atoms with E-state index in [4.69, 9.17) is 37.1 Å². The van der Waals surface area contributed by atoms with E-state index in [1.807, 2.05) is 30.3 Å². The zero-order chi connectivity index (χ0) is 36.7. The molecule has 6 unspecified atom stereocenters. The number of hydrogen-bond donors (Lipinski definition) is 1. The normalized spacial score (nSPS) is 28.4. The molecular formula is C38H30BrCl2N3O8. The first-order chi connectivity index (χ1) is 25.0. The van der Waals surface area contributed by atoms with Crippen molar-refractivity contribution < 1.29 is 38.2 Å². The molecule has 52 heavy (non-hydrogen) atoms. The number of halogens is 3. The third-order valence-corrected chi connectivity index (χ3v) is 12.7. The molecule has 1 saturated carbocycles. The average molecular weight is 807 g/mol. The number of imide groups is 2. The number of benzene rings is 3. The summed E-state index contributed by atoms with van der Waals surface area (Å²) in [5.74, 6) is -4.81. The van der Waals surface area contributed by atoms with Gasteiger partial charge >= 0.3 is 0 Å². The number of hydrogen-bond acceptors (Lipinski definition) is 9. The van der Waals surface area contributed by atoms with E-state index in [0.717, 1.165) is 4.90 Å². The first-order valence-electron chi connectivity index (χ1n) is 16.4. The van der Waals surface area contributed by atoms with Crippen LogP contribution in [0.2, 0.25) is 0 Å². The summed E-state index contributed by atoms with van der Waals surface area (Å²) < 4.78 is 16.5. The minimum Gasteiger partial charge on any atom is -0.502 e. The number of aromatic hydroxyl groups is 1. The molecule has 2 aliphatic carbocycles. The van der Waals surface area contributed by atoms with Crippen molar-refractivity contribution in [3.05, 3.63) is 84.0 Å². The molecule has 2 saturated heterocycles. The minimum atomic E-state index is -1.94. The summed E-state index contributed by atoms with van der Waals surface area (Å²) in [5.41, 5.74) is 3.47. The number of para-hydroxylation sites is 2. The number of methoxy groups -OCH3 is 2. The van der Waals surface area contributed by atoms with Crippen molar-refractivity contribution in [2.24, 2.45) is 23.7 Å². The Balaban J connectivity index is 1.16. The summed E-state index contributed by atoms with van der Waals surface area (Å²) in [6.45, 7) is 0. The van der Waals surface area contributed by atoms with Gasteiger partial charge in [-0.1, -0.05) is 51.9 Å². The van der Waals surface area contributed by atoms with Gasteiger partial charge in [0.25, 0.3) is 11.8 Å². The molecule has 6 atom stereocenters. The van der Waals surface area contributed by atoms with Gasteiger partial charge in [0.05, 0.1) is 37.2 Å². The Morgan fingerprint density at radius 3 is 2.33 bits per heavy atom. The number of rotatable bonds is 7. The number of oxazole rings is 1. The molecule has 8 rings (SSSR count). The quantitative estimate of drug-likeness (QED) is 0.0938. The van der Waals surface area contributed by atoms with Crippen molar-refractivity contribution >= 4 is 85.6 Å². The highest BCUT2D eigenvalue weighted by molar-refractivity contribution is 9.09. The lowest BCUT2D eigenvalue weighted by Gasteiger charge is -2.49. The van der Waals surface area contributed by atoms with E-state index >= 15 is 0 Å². The fraction of sp³-hybridized carbons (Fsp3) is 0.289. The number of nitrogens with zero attached hydrogens (tertiary/aromatic N) is 3. The molecule has 0 spiro atoms. The number of anilines is 1. The molecule has 11 nitrogen and oxygen atoms in total. The number of amides is 4. The van der Waals surface area contributed by atoms with Crippen LogP contribution >= 0.6 is 39.1 Å². The van der Waals surface area contributed by atoms with Gasteiger partial charge in [-0.2, -0.15) is 0 Å². The SMILES string of the molecule is COc1cc(C=CC2C3=CCC4C(=O)N(c5ccc(-c6nc7ccccc7o6)cc5)C(=O)C4C3CC3(Cl)C(=O)N(CBr)C(=O)C23Cl)cc(OC)c1O. The lowest BCUT2D eigenvalue weighted by atomic mass is 9.57. The number of aromatic nitrogens is 1. The third kappa shape index (κ3) is 4.80. The van der Waals surface area contributed by atoms with Crippen LogP contribution in [0.1, 0.15) is 18.4 Å². The van der Waals surface area contributed by atoms with E-state index in [9.17, 15) is 24.3 Å². The fourth-order valence-electron chi connectivity index (χ4n) is 8.22. The highest BCUT2D eigenvalue weighted by Gasteiger charge is 2.75. The van der Waals surface area contributed by atoms with Crippen LogP contribution in [0.4, 0.5) is 5.69 Å². The fourth-order valence-corrected chi connectivity index (χ4v) is 9.60. The standard InChI is InChI=1S/C38H30BrCl2N3O8/c1-50-28-15-19(16-29(51-2)31(28)45)7-14-25-22-12-13-23-30(24(22)17-37(40)35(48)43(18-39)36(49)38(25,37)41)34(47)44(33(23)46)21-10-8-20(9-11-21)32-42-26-5-3-4-6-27(26)52-32/h3-12,14-16,23-25,30,45H,13,17-18H2,1-2H3. The second-order valence-corrected chi connectivity index (χ2v) is 15.0. The first kappa shape index (κ1) is 34.4. The van der Waals surface area contributed by atoms with Gasteiger partial charge < -0.3 is 19.0 Å². The Morgan fingerprint density at radius 2 is 1.67 bits per heavy atom. The Morgan fingerprint density at radius 1 is 0.981 bits per heavy atom. The van der Waals surface area contributed by atoms with Crippen LogP contribution < -0.4 is 14.4 Å². The number of phenols is 1. The second-order valence-electron chi connectivity index (χ2n) is 13.2. The van der Waals surface area contributed by atoms with Gasteiger partial charge in [-0.15, -0.1) is 23.2 Å². The number of carbonyl (C=O) groups is 4. The number of likely N-dealkylation sites (tertiary alicyclic amines) is 1. The molecule has 3 heterocycles. The van der Waals surface area contributed by atoms with Crippen LogP contribution in [0, 0.1) is 23.7 Å². The maximum absolute atomic E-state index is 14.4. The summed E-state index contributed by atoms with van der Waals surface area (Å²) in [7, 11) is 2.81. The molecule has 14 heteroatoms. The van der Waals surface area contributed by atoms with Crippen molar-refractivity contribution in [2.75, 3.05) is 24.6 Å². The zero-order valence-corrected chi connectivity index (χ0v) is 30.8. The van der Waals surface area contributed by atoms with E-state index in [-0.39, 0.29) is 41.5 Å². The molecule has 1 aromatic heterocycles. The van der Waals surface area contributed by atoms with Gasteiger partial charge in [-0.05, 0) is 72.9 Å². The maximum Gasteiger partial charge on any atom is 0.254 e. The first-order valence-corrected chi connectivity index (χ1v) is 18.3. The number of alkyl halides is 3. The third-order valence-electron chi connectivity index (χ3n) is 10.7. The molecule has 2 aliphatic heterocycles.